The van der Waals surface area contributed by atoms with Gasteiger partial charge in [-0.15, -0.1) is 0 Å². The van der Waals surface area contributed by atoms with Crippen molar-refractivity contribution in [1.29, 1.82) is 0 Å². The summed E-state index contributed by atoms with van der Waals surface area (Å²) in [6, 6.07) is 0.796. The van der Waals surface area contributed by atoms with Crippen molar-refractivity contribution in [2.45, 2.75) is 19.4 Å². The van der Waals surface area contributed by atoms with Crippen molar-refractivity contribution in [1.82, 2.24) is 16.0 Å². The fourth-order valence-electron chi connectivity index (χ4n) is 1.83. The summed E-state index contributed by atoms with van der Waals surface area (Å²) >= 11 is 0. The molecule has 0 bridgehead atoms. The molecule has 0 atom stereocenters. The van der Waals surface area contributed by atoms with E-state index in [2.05, 4.69) is 22.5 Å². The maximum Gasteiger partial charge on any atom is 0.500 e. The third-order valence-electron chi connectivity index (χ3n) is 3.22. The van der Waals surface area contributed by atoms with Gasteiger partial charge in [0.25, 0.3) is 0 Å². The number of amides is 1. The van der Waals surface area contributed by atoms with E-state index in [0.29, 0.717) is 12.1 Å². The first-order valence-electron chi connectivity index (χ1n) is 7.52. The molecule has 0 fully saturated rings. The fourth-order valence-corrected chi connectivity index (χ4v) is 3.55. The molecular formula is C14H31N3O4Si. The van der Waals surface area contributed by atoms with Crippen molar-refractivity contribution in [3.8, 4) is 0 Å². The Balaban J connectivity index is 3.44. The first-order valence-corrected chi connectivity index (χ1v) is 9.45. The molecule has 0 spiro atoms. The van der Waals surface area contributed by atoms with Gasteiger partial charge in [-0.3, -0.25) is 4.79 Å². The van der Waals surface area contributed by atoms with Crippen molar-refractivity contribution in [2.75, 3.05) is 54.1 Å². The van der Waals surface area contributed by atoms with Crippen molar-refractivity contribution in [2.24, 2.45) is 0 Å². The molecule has 7 nitrogen and oxygen atoms in total. The molecule has 0 saturated heterocycles. The van der Waals surface area contributed by atoms with Crippen molar-refractivity contribution in [3.63, 3.8) is 0 Å². The number of nitrogens with one attached hydrogen (secondary N) is 3. The maximum absolute atomic E-state index is 11.2. The zero-order valence-electron chi connectivity index (χ0n) is 14.3. The highest BCUT2D eigenvalue weighted by Crippen LogP contribution is 2.14. The first kappa shape index (κ1) is 21.2. The van der Waals surface area contributed by atoms with Crippen molar-refractivity contribution >= 4 is 14.7 Å². The van der Waals surface area contributed by atoms with Crippen LogP contribution in [0.3, 0.4) is 0 Å². The Morgan fingerprint density at radius 1 is 0.955 bits per heavy atom. The second-order valence-corrected chi connectivity index (χ2v) is 8.03. The van der Waals surface area contributed by atoms with Gasteiger partial charge in [0.1, 0.15) is 0 Å². The summed E-state index contributed by atoms with van der Waals surface area (Å²) in [5, 5.41) is 9.36. The normalized spacial score (nSPS) is 11.5. The van der Waals surface area contributed by atoms with Crippen LogP contribution < -0.4 is 16.0 Å². The fraction of sp³-hybridized carbons (Fsp3) is 0.786. The van der Waals surface area contributed by atoms with Crippen LogP contribution in [0.2, 0.25) is 6.04 Å². The molecule has 0 aliphatic rings. The summed E-state index contributed by atoms with van der Waals surface area (Å²) in [7, 11) is 2.46. The molecule has 130 valence electrons. The van der Waals surface area contributed by atoms with Gasteiger partial charge in [0.2, 0.25) is 5.91 Å². The number of hydrogen-bond acceptors (Lipinski definition) is 6. The van der Waals surface area contributed by atoms with Gasteiger partial charge in [-0.05, 0) is 19.9 Å². The van der Waals surface area contributed by atoms with E-state index in [9.17, 15) is 4.79 Å². The van der Waals surface area contributed by atoms with Crippen LogP contribution in [-0.2, 0) is 18.1 Å². The van der Waals surface area contributed by atoms with Crippen LogP contribution in [0.15, 0.2) is 12.2 Å². The van der Waals surface area contributed by atoms with Crippen LogP contribution in [0.1, 0.15) is 13.3 Å². The van der Waals surface area contributed by atoms with Gasteiger partial charge in [-0.2, -0.15) is 0 Å². The van der Waals surface area contributed by atoms with Crippen LogP contribution in [0.5, 0.6) is 0 Å². The van der Waals surface area contributed by atoms with E-state index < -0.39 is 8.80 Å². The predicted molar refractivity (Wildman–Crippen MR) is 89.8 cm³/mol. The van der Waals surface area contributed by atoms with Gasteiger partial charge < -0.3 is 29.2 Å². The van der Waals surface area contributed by atoms with Crippen LogP contribution in [0.4, 0.5) is 0 Å². The number of hydrogen-bond donors (Lipinski definition) is 3. The minimum absolute atomic E-state index is 0.0954. The lowest BCUT2D eigenvalue weighted by Gasteiger charge is -2.24. The van der Waals surface area contributed by atoms with Crippen LogP contribution in [-0.4, -0.2) is 68.8 Å². The molecule has 0 aromatic rings. The number of carbonyl (C=O) groups is 1. The Morgan fingerprint density at radius 3 is 1.95 bits per heavy atom. The smallest absolute Gasteiger partial charge is 0.377 e. The minimum Gasteiger partial charge on any atom is -0.377 e. The topological polar surface area (TPSA) is 80.9 Å². The van der Waals surface area contributed by atoms with Crippen LogP contribution >= 0.6 is 0 Å². The molecule has 0 rings (SSSR count). The van der Waals surface area contributed by atoms with E-state index in [-0.39, 0.29) is 5.91 Å². The minimum atomic E-state index is -2.43. The molecule has 8 heteroatoms. The third-order valence-corrected chi connectivity index (χ3v) is 6.05. The average molecular weight is 334 g/mol. The monoisotopic (exact) mass is 333 g/mol. The lowest BCUT2D eigenvalue weighted by molar-refractivity contribution is -0.117. The van der Waals surface area contributed by atoms with E-state index >= 15 is 0 Å². The second-order valence-electron chi connectivity index (χ2n) is 4.94. The highest BCUT2D eigenvalue weighted by atomic mass is 28.4. The van der Waals surface area contributed by atoms with Crippen molar-refractivity contribution in [3.05, 3.63) is 12.2 Å². The van der Waals surface area contributed by atoms with E-state index in [4.69, 9.17) is 13.3 Å². The van der Waals surface area contributed by atoms with Gasteiger partial charge in [-0.25, -0.2) is 0 Å². The van der Waals surface area contributed by atoms with Gasteiger partial charge >= 0.3 is 8.80 Å². The summed E-state index contributed by atoms with van der Waals surface area (Å²) in [6.07, 6.45) is 0.941. The van der Waals surface area contributed by atoms with Gasteiger partial charge in [-0.1, -0.05) is 6.58 Å². The summed E-state index contributed by atoms with van der Waals surface area (Å²) in [5.74, 6) is -0.0954. The molecule has 0 heterocycles. The van der Waals surface area contributed by atoms with E-state index in [0.717, 1.165) is 38.6 Å². The predicted octanol–water partition coefficient (Wildman–Crippen LogP) is 0.126. The van der Waals surface area contributed by atoms with Crippen LogP contribution in [0.25, 0.3) is 0 Å². The Hall–Kier alpha value is -0.773. The molecule has 3 N–H and O–H groups in total. The highest BCUT2D eigenvalue weighted by Gasteiger charge is 2.36. The molecule has 0 aromatic carbocycles. The third kappa shape index (κ3) is 9.29. The first-order chi connectivity index (χ1) is 10.5. The molecule has 0 aliphatic heterocycles. The Morgan fingerprint density at radius 2 is 1.45 bits per heavy atom. The lowest BCUT2D eigenvalue weighted by Crippen LogP contribution is -2.43. The average Bonchev–Trinajstić information content (AvgIpc) is 2.53. The van der Waals surface area contributed by atoms with Crippen molar-refractivity contribution < 1.29 is 18.1 Å². The largest absolute Gasteiger partial charge is 0.500 e. The standard InChI is InChI=1S/C14H31N3O4Si/c1-13(2)14(18)17-11-10-16-9-8-15-7-6-12-22(19-3,20-4)21-5/h15-16H,1,6-12H2,2-5H3,(H,17,18). The zero-order chi connectivity index (χ0) is 16.8. The number of rotatable bonds is 14. The maximum atomic E-state index is 11.2. The summed E-state index contributed by atoms with van der Waals surface area (Å²) in [6.45, 7) is 9.24. The Labute approximate surface area is 135 Å². The lowest BCUT2D eigenvalue weighted by atomic mass is 10.3. The summed E-state index contributed by atoms with van der Waals surface area (Å²) in [5.41, 5.74) is 0.532. The zero-order valence-corrected chi connectivity index (χ0v) is 15.3. The molecule has 0 unspecified atom stereocenters. The Kier molecular flexibility index (Phi) is 12.3. The molecule has 22 heavy (non-hydrogen) atoms. The number of carbonyl (C=O) groups excluding carboxylic acids is 1. The van der Waals surface area contributed by atoms with Gasteiger partial charge in [0.15, 0.2) is 0 Å². The second kappa shape index (κ2) is 12.7. The summed E-state index contributed by atoms with van der Waals surface area (Å²) in [4.78, 5) is 11.2. The summed E-state index contributed by atoms with van der Waals surface area (Å²) < 4.78 is 16.1. The molecule has 0 saturated carbocycles. The van der Waals surface area contributed by atoms with E-state index in [1.807, 2.05) is 0 Å². The quantitative estimate of drug-likeness (QED) is 0.238. The van der Waals surface area contributed by atoms with Gasteiger partial charge in [0.05, 0.1) is 0 Å². The van der Waals surface area contributed by atoms with E-state index in [1.165, 1.54) is 0 Å². The molecule has 1 amide bonds. The van der Waals surface area contributed by atoms with E-state index in [1.54, 1.807) is 28.3 Å². The van der Waals surface area contributed by atoms with Crippen LogP contribution in [0, 0.1) is 0 Å². The molecule has 0 aromatic heterocycles. The van der Waals surface area contributed by atoms with Gasteiger partial charge in [0, 0.05) is 59.1 Å². The Bertz CT molecular complexity index is 317. The molecule has 0 radical (unpaired) electrons. The highest BCUT2D eigenvalue weighted by molar-refractivity contribution is 6.60. The molecule has 0 aliphatic carbocycles. The molecular weight excluding hydrogens is 302 g/mol. The SMILES string of the molecule is C=C(C)C(=O)NCCNCCNCCC[Si](OC)(OC)OC.